The van der Waals surface area contributed by atoms with Crippen molar-refractivity contribution in [2.24, 2.45) is 0 Å². The standard InChI is InChI=1S/C13H16N2O3/c1-2-11-9-15(6-7-18-11)13(17)12(16)10-4-3-5-14-8-10/h3-5,8,11H,2,6-7,9H2,1H3. The van der Waals surface area contributed by atoms with Crippen LogP contribution in [0.15, 0.2) is 24.5 Å². The summed E-state index contributed by atoms with van der Waals surface area (Å²) in [6.07, 6.45) is 3.86. The second kappa shape index (κ2) is 5.73. The van der Waals surface area contributed by atoms with Gasteiger partial charge in [-0.25, -0.2) is 0 Å². The summed E-state index contributed by atoms with van der Waals surface area (Å²) in [4.78, 5) is 29.4. The van der Waals surface area contributed by atoms with Crippen LogP contribution >= 0.6 is 0 Å². The maximum absolute atomic E-state index is 12.1. The molecule has 1 atom stereocenters. The van der Waals surface area contributed by atoms with Crippen molar-refractivity contribution >= 4 is 11.7 Å². The number of rotatable bonds is 3. The first-order valence-electron chi connectivity index (χ1n) is 6.07. The molecule has 96 valence electrons. The molecule has 5 nitrogen and oxygen atoms in total. The number of pyridine rings is 1. The van der Waals surface area contributed by atoms with Gasteiger partial charge in [-0.2, -0.15) is 0 Å². The molecule has 0 radical (unpaired) electrons. The highest BCUT2D eigenvalue weighted by Crippen LogP contribution is 2.10. The maximum atomic E-state index is 12.1. The Hall–Kier alpha value is -1.75. The van der Waals surface area contributed by atoms with Crippen molar-refractivity contribution in [3.8, 4) is 0 Å². The summed E-state index contributed by atoms with van der Waals surface area (Å²) >= 11 is 0. The van der Waals surface area contributed by atoms with Gasteiger partial charge < -0.3 is 9.64 Å². The fraction of sp³-hybridized carbons (Fsp3) is 0.462. The molecule has 1 aromatic heterocycles. The van der Waals surface area contributed by atoms with Crippen molar-refractivity contribution in [2.45, 2.75) is 19.4 Å². The Balaban J connectivity index is 2.05. The van der Waals surface area contributed by atoms with E-state index in [-0.39, 0.29) is 6.10 Å². The summed E-state index contributed by atoms with van der Waals surface area (Å²) in [6.45, 7) is 3.45. The quantitative estimate of drug-likeness (QED) is 0.589. The zero-order valence-corrected chi connectivity index (χ0v) is 10.3. The molecule has 1 amide bonds. The Kier molecular flexibility index (Phi) is 4.04. The van der Waals surface area contributed by atoms with Crippen molar-refractivity contribution < 1.29 is 14.3 Å². The Morgan fingerprint density at radius 3 is 3.06 bits per heavy atom. The summed E-state index contributed by atoms with van der Waals surface area (Å²) in [5.74, 6) is -0.968. The molecule has 1 fully saturated rings. The molecule has 0 bridgehead atoms. The van der Waals surface area contributed by atoms with E-state index in [9.17, 15) is 9.59 Å². The molecule has 2 rings (SSSR count). The third-order valence-electron chi connectivity index (χ3n) is 3.00. The Morgan fingerprint density at radius 2 is 2.39 bits per heavy atom. The van der Waals surface area contributed by atoms with E-state index in [2.05, 4.69) is 4.98 Å². The number of ether oxygens (including phenoxy) is 1. The van der Waals surface area contributed by atoms with Gasteiger partial charge in [0.2, 0.25) is 0 Å². The van der Waals surface area contributed by atoms with Crippen molar-refractivity contribution in [1.29, 1.82) is 0 Å². The molecule has 0 aliphatic carbocycles. The molecule has 1 aliphatic rings. The fourth-order valence-electron chi connectivity index (χ4n) is 1.91. The van der Waals surface area contributed by atoms with Gasteiger partial charge in [0.05, 0.1) is 12.7 Å². The molecule has 5 heteroatoms. The third-order valence-corrected chi connectivity index (χ3v) is 3.00. The number of hydrogen-bond donors (Lipinski definition) is 0. The van der Waals surface area contributed by atoms with Crippen LogP contribution in [0, 0.1) is 0 Å². The zero-order valence-electron chi connectivity index (χ0n) is 10.3. The lowest BCUT2D eigenvalue weighted by Crippen LogP contribution is -2.47. The maximum Gasteiger partial charge on any atom is 0.295 e. The smallest absolute Gasteiger partial charge is 0.295 e. The molecule has 0 aromatic carbocycles. The molecule has 1 aliphatic heterocycles. The lowest BCUT2D eigenvalue weighted by Gasteiger charge is -2.31. The lowest BCUT2D eigenvalue weighted by molar-refractivity contribution is -0.133. The molecule has 0 spiro atoms. The van der Waals surface area contributed by atoms with E-state index in [1.807, 2.05) is 6.92 Å². The number of carbonyl (C=O) groups excluding carboxylic acids is 2. The van der Waals surface area contributed by atoms with Crippen LogP contribution in [0.2, 0.25) is 0 Å². The first kappa shape index (κ1) is 12.7. The van der Waals surface area contributed by atoms with Crippen LogP contribution in [-0.2, 0) is 9.53 Å². The minimum Gasteiger partial charge on any atom is -0.375 e. The second-order valence-corrected chi connectivity index (χ2v) is 4.22. The average molecular weight is 248 g/mol. The van der Waals surface area contributed by atoms with Gasteiger partial charge >= 0.3 is 0 Å². The number of amides is 1. The SMILES string of the molecule is CCC1CN(C(=O)C(=O)c2cccnc2)CCO1. The van der Waals surface area contributed by atoms with E-state index in [1.54, 1.807) is 23.2 Å². The molecule has 1 unspecified atom stereocenters. The van der Waals surface area contributed by atoms with E-state index in [0.29, 0.717) is 25.3 Å². The van der Waals surface area contributed by atoms with E-state index in [1.165, 1.54) is 6.20 Å². The van der Waals surface area contributed by atoms with Gasteiger partial charge in [0.1, 0.15) is 0 Å². The number of nitrogens with zero attached hydrogens (tertiary/aromatic N) is 2. The highest BCUT2D eigenvalue weighted by molar-refractivity contribution is 6.42. The van der Waals surface area contributed by atoms with E-state index >= 15 is 0 Å². The van der Waals surface area contributed by atoms with E-state index < -0.39 is 11.7 Å². The first-order valence-corrected chi connectivity index (χ1v) is 6.07. The number of Topliss-reactive ketones (excluding diaryl/α,β-unsaturated/α-hetero) is 1. The fourth-order valence-corrected chi connectivity index (χ4v) is 1.91. The van der Waals surface area contributed by atoms with Crippen LogP contribution in [0.25, 0.3) is 0 Å². The number of carbonyl (C=O) groups is 2. The van der Waals surface area contributed by atoms with Gasteiger partial charge in [-0.1, -0.05) is 6.92 Å². The first-order chi connectivity index (χ1) is 8.72. The predicted octanol–water partition coefficient (Wildman–Crippen LogP) is 0.902. The van der Waals surface area contributed by atoms with Gasteiger partial charge in [-0.15, -0.1) is 0 Å². The third kappa shape index (κ3) is 2.73. The average Bonchev–Trinajstić information content (AvgIpc) is 2.46. The van der Waals surface area contributed by atoms with Gasteiger partial charge in [0.25, 0.3) is 11.7 Å². The van der Waals surface area contributed by atoms with Crippen LogP contribution < -0.4 is 0 Å². The molecule has 1 aromatic rings. The number of ketones is 1. The molecule has 18 heavy (non-hydrogen) atoms. The van der Waals surface area contributed by atoms with Crippen LogP contribution in [0.5, 0.6) is 0 Å². The normalized spacial score (nSPS) is 19.6. The van der Waals surface area contributed by atoms with E-state index in [0.717, 1.165) is 6.42 Å². The zero-order chi connectivity index (χ0) is 13.0. The van der Waals surface area contributed by atoms with Gasteiger partial charge in [-0.05, 0) is 18.6 Å². The van der Waals surface area contributed by atoms with Crippen molar-refractivity contribution in [3.05, 3.63) is 30.1 Å². The predicted molar refractivity (Wildman–Crippen MR) is 65.2 cm³/mol. The Bertz CT molecular complexity index is 433. The van der Waals surface area contributed by atoms with Gasteiger partial charge in [0.15, 0.2) is 0 Å². The number of hydrogen-bond acceptors (Lipinski definition) is 4. The lowest BCUT2D eigenvalue weighted by atomic mass is 10.1. The van der Waals surface area contributed by atoms with Gasteiger partial charge in [-0.3, -0.25) is 14.6 Å². The topological polar surface area (TPSA) is 59.5 Å². The summed E-state index contributed by atoms with van der Waals surface area (Å²) in [7, 11) is 0. The summed E-state index contributed by atoms with van der Waals surface area (Å²) in [6, 6.07) is 3.25. The van der Waals surface area contributed by atoms with E-state index in [4.69, 9.17) is 4.74 Å². The Morgan fingerprint density at radius 1 is 1.56 bits per heavy atom. The van der Waals surface area contributed by atoms with Crippen LogP contribution in [-0.4, -0.2) is 47.4 Å². The monoisotopic (exact) mass is 248 g/mol. The number of aromatic nitrogens is 1. The highest BCUT2D eigenvalue weighted by Gasteiger charge is 2.28. The van der Waals surface area contributed by atoms with Crippen molar-refractivity contribution in [1.82, 2.24) is 9.88 Å². The van der Waals surface area contributed by atoms with Crippen LogP contribution in [0.3, 0.4) is 0 Å². The summed E-state index contributed by atoms with van der Waals surface area (Å²) in [5.41, 5.74) is 0.335. The minimum atomic E-state index is -0.500. The minimum absolute atomic E-state index is 0.0319. The van der Waals surface area contributed by atoms with Gasteiger partial charge in [0, 0.05) is 31.0 Å². The molecular weight excluding hydrogens is 232 g/mol. The largest absolute Gasteiger partial charge is 0.375 e. The van der Waals surface area contributed by atoms with Crippen LogP contribution in [0.1, 0.15) is 23.7 Å². The van der Waals surface area contributed by atoms with Crippen LogP contribution in [0.4, 0.5) is 0 Å². The molecule has 0 saturated carbocycles. The molecule has 0 N–H and O–H groups in total. The molecular formula is C13H16N2O3. The molecule has 1 saturated heterocycles. The Labute approximate surface area is 106 Å². The second-order valence-electron chi connectivity index (χ2n) is 4.22. The van der Waals surface area contributed by atoms with Crippen molar-refractivity contribution in [3.63, 3.8) is 0 Å². The summed E-state index contributed by atoms with van der Waals surface area (Å²) in [5, 5.41) is 0. The summed E-state index contributed by atoms with van der Waals surface area (Å²) < 4.78 is 5.48. The number of morpholine rings is 1. The van der Waals surface area contributed by atoms with Crippen molar-refractivity contribution in [2.75, 3.05) is 19.7 Å². The molecule has 2 heterocycles. The highest BCUT2D eigenvalue weighted by atomic mass is 16.5.